The maximum atomic E-state index is 11.7. The molecule has 17 heavy (non-hydrogen) atoms. The first kappa shape index (κ1) is 12.0. The van der Waals surface area contributed by atoms with Crippen molar-refractivity contribution in [2.75, 3.05) is 5.32 Å². The molecule has 0 aliphatic carbocycles. The number of carbonyl (C=O) groups excluding carboxylic acids is 1. The molecule has 1 aromatic heterocycles. The van der Waals surface area contributed by atoms with Crippen LogP contribution in [0.2, 0.25) is 0 Å². The smallest absolute Gasteiger partial charge is 0.237 e. The van der Waals surface area contributed by atoms with Gasteiger partial charge in [0.15, 0.2) is 0 Å². The van der Waals surface area contributed by atoms with Gasteiger partial charge in [-0.05, 0) is 37.6 Å². The molecule has 1 amide bonds. The molecule has 0 fully saturated rings. The number of pyridine rings is 1. The minimum Gasteiger partial charge on any atom is -0.324 e. The largest absolute Gasteiger partial charge is 0.324 e. The van der Waals surface area contributed by atoms with Gasteiger partial charge in [-0.1, -0.05) is 22.0 Å². The van der Waals surface area contributed by atoms with Crippen LogP contribution in [-0.4, -0.2) is 15.7 Å². The Bertz CT molecular complexity index is 566. The van der Waals surface area contributed by atoms with Crippen molar-refractivity contribution in [3.05, 3.63) is 36.0 Å². The zero-order valence-corrected chi connectivity index (χ0v) is 11.3. The van der Waals surface area contributed by atoms with Crippen LogP contribution in [0.1, 0.15) is 12.5 Å². The van der Waals surface area contributed by atoms with E-state index in [1.165, 1.54) is 0 Å². The van der Waals surface area contributed by atoms with E-state index in [4.69, 9.17) is 0 Å². The number of alkyl halides is 1. The summed E-state index contributed by atoms with van der Waals surface area (Å²) in [6, 6.07) is 7.70. The number of benzene rings is 1. The Morgan fingerprint density at radius 3 is 2.88 bits per heavy atom. The van der Waals surface area contributed by atoms with E-state index >= 15 is 0 Å². The summed E-state index contributed by atoms with van der Waals surface area (Å²) in [6.07, 6.45) is 1.76. The zero-order valence-electron chi connectivity index (χ0n) is 9.70. The van der Waals surface area contributed by atoms with Crippen LogP contribution in [0.3, 0.4) is 0 Å². The molecule has 0 aliphatic heterocycles. The van der Waals surface area contributed by atoms with Gasteiger partial charge in [-0.2, -0.15) is 0 Å². The van der Waals surface area contributed by atoms with Crippen molar-refractivity contribution in [2.24, 2.45) is 0 Å². The monoisotopic (exact) mass is 292 g/mol. The van der Waals surface area contributed by atoms with Crippen molar-refractivity contribution >= 4 is 38.4 Å². The van der Waals surface area contributed by atoms with Gasteiger partial charge in [-0.25, -0.2) is 0 Å². The van der Waals surface area contributed by atoms with Crippen molar-refractivity contribution in [3.8, 4) is 0 Å². The van der Waals surface area contributed by atoms with E-state index in [-0.39, 0.29) is 10.7 Å². The molecule has 0 bridgehead atoms. The highest BCUT2D eigenvalue weighted by Gasteiger charge is 2.11. The average Bonchev–Trinajstić information content (AvgIpc) is 2.33. The zero-order chi connectivity index (χ0) is 12.4. The number of rotatable bonds is 2. The van der Waals surface area contributed by atoms with Crippen LogP contribution in [0.25, 0.3) is 10.9 Å². The first-order valence-corrected chi connectivity index (χ1v) is 6.30. The Kier molecular flexibility index (Phi) is 3.43. The van der Waals surface area contributed by atoms with Gasteiger partial charge in [0.05, 0.1) is 16.0 Å². The fourth-order valence-electron chi connectivity index (χ4n) is 1.66. The minimum atomic E-state index is -0.212. The summed E-state index contributed by atoms with van der Waals surface area (Å²) in [5, 5.41) is 3.85. The molecule has 1 N–H and O–H groups in total. The molecule has 0 saturated heterocycles. The van der Waals surface area contributed by atoms with Gasteiger partial charge in [0, 0.05) is 11.6 Å². The Hall–Kier alpha value is -1.42. The van der Waals surface area contributed by atoms with Crippen LogP contribution in [0, 0.1) is 6.92 Å². The third kappa shape index (κ3) is 2.47. The van der Waals surface area contributed by atoms with Crippen LogP contribution in [0.4, 0.5) is 5.69 Å². The Morgan fingerprint density at radius 1 is 1.41 bits per heavy atom. The lowest BCUT2D eigenvalue weighted by atomic mass is 10.1. The van der Waals surface area contributed by atoms with Gasteiger partial charge in [-0.3, -0.25) is 9.78 Å². The number of aryl methyl sites for hydroxylation is 1. The Labute approximate surface area is 108 Å². The SMILES string of the molecule is Cc1ccc(NC(=O)C(C)Br)c2cccnc12. The van der Waals surface area contributed by atoms with Crippen molar-refractivity contribution < 1.29 is 4.79 Å². The maximum Gasteiger partial charge on any atom is 0.237 e. The number of hydrogen-bond acceptors (Lipinski definition) is 2. The average molecular weight is 293 g/mol. The van der Waals surface area contributed by atoms with Crippen molar-refractivity contribution in [1.82, 2.24) is 4.98 Å². The number of amides is 1. The van der Waals surface area contributed by atoms with Gasteiger partial charge in [0.2, 0.25) is 5.91 Å². The molecule has 0 radical (unpaired) electrons. The number of fused-ring (bicyclic) bond motifs is 1. The molecule has 1 heterocycles. The Balaban J connectivity index is 2.48. The number of hydrogen-bond donors (Lipinski definition) is 1. The normalized spacial score (nSPS) is 12.4. The van der Waals surface area contributed by atoms with Gasteiger partial charge >= 0.3 is 0 Å². The van der Waals surface area contributed by atoms with Crippen LogP contribution >= 0.6 is 15.9 Å². The lowest BCUT2D eigenvalue weighted by Gasteiger charge is -2.10. The summed E-state index contributed by atoms with van der Waals surface area (Å²) in [5.41, 5.74) is 2.83. The topological polar surface area (TPSA) is 42.0 Å². The third-order valence-electron chi connectivity index (χ3n) is 2.59. The molecular weight excluding hydrogens is 280 g/mol. The van der Waals surface area contributed by atoms with Crippen molar-refractivity contribution in [2.45, 2.75) is 18.7 Å². The second-order valence-corrected chi connectivity index (χ2v) is 5.31. The van der Waals surface area contributed by atoms with Crippen LogP contribution in [0.15, 0.2) is 30.5 Å². The molecule has 88 valence electrons. The fourth-order valence-corrected chi connectivity index (χ4v) is 1.77. The van der Waals surface area contributed by atoms with E-state index in [1.807, 2.05) is 31.2 Å². The second-order valence-electron chi connectivity index (χ2n) is 3.93. The second kappa shape index (κ2) is 4.84. The van der Waals surface area contributed by atoms with E-state index in [1.54, 1.807) is 13.1 Å². The summed E-state index contributed by atoms with van der Waals surface area (Å²) >= 11 is 3.25. The first-order chi connectivity index (χ1) is 8.09. The lowest BCUT2D eigenvalue weighted by Crippen LogP contribution is -2.20. The molecule has 0 saturated carbocycles. The first-order valence-electron chi connectivity index (χ1n) is 5.39. The number of halogens is 1. The molecule has 2 aromatic rings. The fraction of sp³-hybridized carbons (Fsp3) is 0.231. The predicted molar refractivity (Wildman–Crippen MR) is 73.5 cm³/mol. The molecule has 0 aliphatic rings. The summed E-state index contributed by atoms with van der Waals surface area (Å²) < 4.78 is 0. The number of carbonyl (C=O) groups is 1. The van der Waals surface area contributed by atoms with E-state index in [0.29, 0.717) is 0 Å². The molecule has 2 rings (SSSR count). The summed E-state index contributed by atoms with van der Waals surface area (Å²) in [6.45, 7) is 3.80. The van der Waals surface area contributed by atoms with E-state index < -0.39 is 0 Å². The van der Waals surface area contributed by atoms with E-state index in [9.17, 15) is 4.79 Å². The van der Waals surface area contributed by atoms with Gasteiger partial charge in [0.25, 0.3) is 0 Å². The van der Waals surface area contributed by atoms with Crippen molar-refractivity contribution in [3.63, 3.8) is 0 Å². The van der Waals surface area contributed by atoms with Crippen molar-refractivity contribution in [1.29, 1.82) is 0 Å². The van der Waals surface area contributed by atoms with Gasteiger partial charge in [0.1, 0.15) is 0 Å². The standard InChI is InChI=1S/C13H13BrN2O/c1-8-5-6-11(16-13(17)9(2)14)10-4-3-7-15-12(8)10/h3-7,9H,1-2H3,(H,16,17). The molecule has 1 atom stereocenters. The molecule has 3 nitrogen and oxygen atoms in total. The van der Waals surface area contributed by atoms with Gasteiger partial charge < -0.3 is 5.32 Å². The highest BCUT2D eigenvalue weighted by atomic mass is 79.9. The molecule has 0 spiro atoms. The molecule has 1 unspecified atom stereocenters. The lowest BCUT2D eigenvalue weighted by molar-refractivity contribution is -0.115. The minimum absolute atomic E-state index is 0.0565. The third-order valence-corrected chi connectivity index (χ3v) is 3.01. The number of nitrogens with one attached hydrogen (secondary N) is 1. The van der Waals surface area contributed by atoms with Gasteiger partial charge in [-0.15, -0.1) is 0 Å². The Morgan fingerprint density at radius 2 is 2.18 bits per heavy atom. The number of aromatic nitrogens is 1. The van der Waals surface area contributed by atoms with Crippen LogP contribution in [0.5, 0.6) is 0 Å². The predicted octanol–water partition coefficient (Wildman–Crippen LogP) is 3.27. The summed E-state index contributed by atoms with van der Waals surface area (Å²) in [4.78, 5) is 15.8. The van der Waals surface area contributed by atoms with E-state index in [0.717, 1.165) is 22.2 Å². The summed E-state index contributed by atoms with van der Waals surface area (Å²) in [7, 11) is 0. The molecular formula is C13H13BrN2O. The maximum absolute atomic E-state index is 11.7. The quantitative estimate of drug-likeness (QED) is 0.863. The highest BCUT2D eigenvalue weighted by Crippen LogP contribution is 2.24. The number of anilines is 1. The summed E-state index contributed by atoms with van der Waals surface area (Å²) in [5.74, 6) is -0.0565. The van der Waals surface area contributed by atoms with E-state index in [2.05, 4.69) is 26.2 Å². The van der Waals surface area contributed by atoms with Crippen LogP contribution in [-0.2, 0) is 4.79 Å². The molecule has 1 aromatic carbocycles. The number of nitrogens with zero attached hydrogens (tertiary/aromatic N) is 1. The molecule has 4 heteroatoms. The van der Waals surface area contributed by atoms with Crippen LogP contribution < -0.4 is 5.32 Å². The highest BCUT2D eigenvalue weighted by molar-refractivity contribution is 9.10.